The zero-order valence-corrected chi connectivity index (χ0v) is 23.3. The van der Waals surface area contributed by atoms with Gasteiger partial charge in [-0.25, -0.2) is 14.4 Å². The molecule has 2 fully saturated rings. The Labute approximate surface area is 247 Å². The van der Waals surface area contributed by atoms with Crippen LogP contribution in [0, 0.1) is 11.9 Å². The molecule has 0 saturated carbocycles. The molecule has 6 heterocycles. The first-order chi connectivity index (χ1) is 21.1. The molecule has 2 saturated heterocycles. The molecule has 2 aromatic carbocycles. The average molecular weight is 572 g/mol. The number of nitrogens with one attached hydrogen (secondary N) is 1. The molecule has 0 atom stereocenters. The van der Waals surface area contributed by atoms with Crippen molar-refractivity contribution in [3.8, 4) is 22.4 Å². The number of hydrogen-bond acceptors (Lipinski definition) is 6. The summed E-state index contributed by atoms with van der Waals surface area (Å²) in [5.74, 6) is -0.514. The van der Waals surface area contributed by atoms with Crippen LogP contribution >= 0.6 is 0 Å². The third-order valence-corrected chi connectivity index (χ3v) is 8.76. The molecule has 0 spiro atoms. The summed E-state index contributed by atoms with van der Waals surface area (Å²) in [5, 5.41) is 7.45. The zero-order chi connectivity index (χ0) is 28.9. The maximum Gasteiger partial charge on any atom is 0.253 e. The highest BCUT2D eigenvalue weighted by atomic mass is 19.1. The first-order valence-corrected chi connectivity index (χ1v) is 14.5. The van der Waals surface area contributed by atoms with E-state index in [1.54, 1.807) is 30.9 Å². The SMILES string of the molecule is O=C(c1ccc(-c2cccc3cnccc23)c(F)c1)N1CCC(N2C[C](n3cc(-c4ncnc5[nH]ccc45)cn3)C2)CC1. The van der Waals surface area contributed by atoms with Crippen LogP contribution in [0.15, 0.2) is 85.8 Å². The molecule has 8 rings (SSSR count). The molecule has 6 aromatic rings. The fraction of sp³-hybridized carbons (Fsp3) is 0.212. The maximum atomic E-state index is 15.3. The zero-order valence-electron chi connectivity index (χ0n) is 23.3. The Hall–Kier alpha value is -4.96. The highest BCUT2D eigenvalue weighted by molar-refractivity contribution is 5.98. The van der Waals surface area contributed by atoms with Crippen LogP contribution in [0.25, 0.3) is 44.2 Å². The third kappa shape index (κ3) is 4.54. The lowest BCUT2D eigenvalue weighted by Crippen LogP contribution is -2.56. The smallest absolute Gasteiger partial charge is 0.253 e. The van der Waals surface area contributed by atoms with Crippen molar-refractivity contribution in [3.63, 3.8) is 0 Å². The molecule has 9 nitrogen and oxygen atoms in total. The van der Waals surface area contributed by atoms with Crippen molar-refractivity contribution < 1.29 is 9.18 Å². The van der Waals surface area contributed by atoms with E-state index in [1.807, 2.05) is 58.5 Å². The second kappa shape index (κ2) is 10.4. The summed E-state index contributed by atoms with van der Waals surface area (Å²) < 4.78 is 17.3. The number of likely N-dealkylation sites (tertiary alicyclic amines) is 2. The van der Waals surface area contributed by atoms with Crippen molar-refractivity contribution in [1.29, 1.82) is 0 Å². The normalized spacial score (nSPS) is 16.6. The van der Waals surface area contributed by atoms with E-state index in [0.717, 1.165) is 64.6 Å². The average Bonchev–Trinajstić information content (AvgIpc) is 3.71. The number of pyridine rings is 1. The van der Waals surface area contributed by atoms with Crippen LogP contribution in [0.2, 0.25) is 0 Å². The lowest BCUT2D eigenvalue weighted by molar-refractivity contribution is 0.0514. The fourth-order valence-corrected chi connectivity index (χ4v) is 6.39. The van der Waals surface area contributed by atoms with Gasteiger partial charge in [-0.05, 0) is 48.1 Å². The summed E-state index contributed by atoms with van der Waals surface area (Å²) in [5.41, 5.74) is 4.30. The Kier molecular flexibility index (Phi) is 6.22. The highest BCUT2D eigenvalue weighted by Crippen LogP contribution is 2.32. The molecule has 43 heavy (non-hydrogen) atoms. The Balaban J connectivity index is 0.885. The van der Waals surface area contributed by atoms with E-state index in [4.69, 9.17) is 0 Å². The van der Waals surface area contributed by atoms with E-state index in [2.05, 4.69) is 29.9 Å². The van der Waals surface area contributed by atoms with Crippen LogP contribution in [-0.4, -0.2) is 77.6 Å². The van der Waals surface area contributed by atoms with Crippen molar-refractivity contribution in [2.75, 3.05) is 26.2 Å². The number of H-pyrrole nitrogens is 1. The van der Waals surface area contributed by atoms with Crippen molar-refractivity contribution in [2.24, 2.45) is 0 Å². The summed E-state index contributed by atoms with van der Waals surface area (Å²) in [6.45, 7) is 3.00. The van der Waals surface area contributed by atoms with Crippen LogP contribution in [0.1, 0.15) is 23.2 Å². The number of fused-ring (bicyclic) bond motifs is 2. The van der Waals surface area contributed by atoms with Crippen LogP contribution in [0.5, 0.6) is 0 Å². The van der Waals surface area contributed by atoms with Gasteiger partial charge in [-0.15, -0.1) is 0 Å². The molecule has 1 N–H and O–H groups in total. The van der Waals surface area contributed by atoms with Gasteiger partial charge >= 0.3 is 0 Å². The van der Waals surface area contributed by atoms with Gasteiger partial charge in [0.25, 0.3) is 5.91 Å². The van der Waals surface area contributed by atoms with Crippen LogP contribution < -0.4 is 0 Å². The summed E-state index contributed by atoms with van der Waals surface area (Å²) in [7, 11) is 0. The molecule has 1 radical (unpaired) electrons. The van der Waals surface area contributed by atoms with Gasteiger partial charge in [0.2, 0.25) is 0 Å². The van der Waals surface area contributed by atoms with Gasteiger partial charge < -0.3 is 9.88 Å². The number of nitrogens with zero attached hydrogens (tertiary/aromatic N) is 7. The first-order valence-electron chi connectivity index (χ1n) is 14.5. The molecule has 10 heteroatoms. The number of benzene rings is 2. The predicted molar refractivity (Wildman–Crippen MR) is 161 cm³/mol. The van der Waals surface area contributed by atoms with Gasteiger partial charge in [-0.3, -0.25) is 19.4 Å². The van der Waals surface area contributed by atoms with Gasteiger partial charge in [0.15, 0.2) is 0 Å². The van der Waals surface area contributed by atoms with E-state index in [0.29, 0.717) is 30.3 Å². The molecule has 0 unspecified atom stereocenters. The first kappa shape index (κ1) is 25.7. The minimum absolute atomic E-state index is 0.118. The maximum absolute atomic E-state index is 15.3. The molecular formula is C33H28FN8O. The number of carbonyl (C=O) groups excluding carboxylic acids is 1. The topological polar surface area (TPSA) is 95.8 Å². The summed E-state index contributed by atoms with van der Waals surface area (Å²) in [6, 6.07) is 16.1. The monoisotopic (exact) mass is 571 g/mol. The van der Waals surface area contributed by atoms with E-state index in [-0.39, 0.29) is 5.91 Å². The largest absolute Gasteiger partial charge is 0.346 e. The minimum Gasteiger partial charge on any atom is -0.346 e. The molecular weight excluding hydrogens is 543 g/mol. The second-order valence-electron chi connectivity index (χ2n) is 11.2. The van der Waals surface area contributed by atoms with E-state index >= 15 is 4.39 Å². The molecule has 2 aliphatic heterocycles. The number of aromatic amines is 1. The molecule has 4 aromatic heterocycles. The number of carbonyl (C=O) groups is 1. The van der Waals surface area contributed by atoms with Crippen molar-refractivity contribution in [3.05, 3.63) is 103 Å². The van der Waals surface area contributed by atoms with Crippen molar-refractivity contribution in [2.45, 2.75) is 18.9 Å². The Bertz CT molecular complexity index is 1960. The molecule has 213 valence electrons. The van der Waals surface area contributed by atoms with Crippen molar-refractivity contribution in [1.82, 2.24) is 39.5 Å². The number of piperidine rings is 1. The van der Waals surface area contributed by atoms with Crippen molar-refractivity contribution >= 4 is 27.7 Å². The van der Waals surface area contributed by atoms with Gasteiger partial charge in [0.1, 0.15) is 23.8 Å². The Morgan fingerprint density at radius 2 is 1.84 bits per heavy atom. The van der Waals surface area contributed by atoms with E-state index in [9.17, 15) is 4.79 Å². The lowest BCUT2D eigenvalue weighted by atomic mass is 9.96. The predicted octanol–water partition coefficient (Wildman–Crippen LogP) is 5.18. The summed E-state index contributed by atoms with van der Waals surface area (Å²) >= 11 is 0. The molecule has 1 amide bonds. The Morgan fingerprint density at radius 3 is 2.70 bits per heavy atom. The highest BCUT2D eigenvalue weighted by Gasteiger charge is 2.37. The number of amides is 1. The number of halogens is 1. The van der Waals surface area contributed by atoms with Gasteiger partial charge in [0.05, 0.1) is 11.9 Å². The van der Waals surface area contributed by atoms with Crippen LogP contribution in [0.4, 0.5) is 4.39 Å². The molecule has 2 aliphatic rings. The summed E-state index contributed by atoms with van der Waals surface area (Å²) in [4.78, 5) is 33.6. The number of aromatic nitrogens is 6. The number of hydrogen-bond donors (Lipinski definition) is 1. The quantitative estimate of drug-likeness (QED) is 0.307. The third-order valence-electron chi connectivity index (χ3n) is 8.76. The second-order valence-corrected chi connectivity index (χ2v) is 11.2. The lowest BCUT2D eigenvalue weighted by Gasteiger charge is -2.46. The standard InChI is InChI=1S/C33H28FN8O/c34-30-14-21(4-5-28(30)27-3-1-2-22-15-35-10-6-26(22)27)33(43)40-12-8-24(9-13-40)41-18-25(19-41)42-17-23(16-39-42)31-29-7-11-36-32(29)38-20-37-31/h1-7,10-11,14-17,20,24H,8-9,12-13,18-19H2,(H,36,37,38). The van der Waals surface area contributed by atoms with Gasteiger partial charge in [-0.1, -0.05) is 24.3 Å². The van der Waals surface area contributed by atoms with Crippen LogP contribution in [0.3, 0.4) is 0 Å². The fourth-order valence-electron chi connectivity index (χ4n) is 6.39. The Morgan fingerprint density at radius 1 is 0.953 bits per heavy atom. The van der Waals surface area contributed by atoms with Gasteiger partial charge in [-0.2, -0.15) is 5.10 Å². The molecule has 0 bridgehead atoms. The van der Waals surface area contributed by atoms with Crippen LogP contribution in [-0.2, 0) is 0 Å². The molecule has 0 aliphatic carbocycles. The number of rotatable bonds is 5. The summed E-state index contributed by atoms with van der Waals surface area (Å²) in [6.07, 6.45) is 12.6. The van der Waals surface area contributed by atoms with E-state index in [1.165, 1.54) is 12.1 Å². The van der Waals surface area contributed by atoms with Gasteiger partial charge in [0, 0.05) is 84.5 Å². The minimum atomic E-state index is -0.396. The van der Waals surface area contributed by atoms with E-state index < -0.39 is 5.82 Å².